The zero-order valence-corrected chi connectivity index (χ0v) is 10.8. The third-order valence-corrected chi connectivity index (χ3v) is 1.73. The molecule has 0 unspecified atom stereocenters. The smallest absolute Gasteiger partial charge is 0.150 e. The molecule has 1 aromatic rings. The second-order valence-corrected chi connectivity index (χ2v) is 2.92. The third-order valence-electron chi connectivity index (χ3n) is 1.01. The van der Waals surface area contributed by atoms with E-state index in [-0.39, 0.29) is 0 Å². The highest BCUT2D eigenvalue weighted by Gasteiger charge is 1.86. The summed E-state index contributed by atoms with van der Waals surface area (Å²) in [6.45, 7) is 8.00. The van der Waals surface area contributed by atoms with Crippen molar-refractivity contribution in [3.8, 4) is 0 Å². The third kappa shape index (κ3) is 7.96. The summed E-state index contributed by atoms with van der Waals surface area (Å²) in [5.41, 5.74) is 0.732. The van der Waals surface area contributed by atoms with Crippen molar-refractivity contribution < 1.29 is 4.79 Å². The highest BCUT2D eigenvalue weighted by molar-refractivity contribution is 14.1. The number of benzene rings is 1. The van der Waals surface area contributed by atoms with E-state index < -0.39 is 0 Å². The molecule has 13 heavy (non-hydrogen) atoms. The normalized spacial score (nSPS) is 7.15. The second-order valence-electron chi connectivity index (χ2n) is 1.67. The van der Waals surface area contributed by atoms with E-state index in [0.29, 0.717) is 0 Å². The Morgan fingerprint density at radius 3 is 1.69 bits per heavy atom. The van der Waals surface area contributed by atoms with Gasteiger partial charge in [0.05, 0.1) is 0 Å². The van der Waals surface area contributed by atoms with Gasteiger partial charge in [0.2, 0.25) is 0 Å². The van der Waals surface area contributed by atoms with Crippen LogP contribution in [-0.4, -0.2) is 6.29 Å². The van der Waals surface area contributed by atoms with Crippen LogP contribution >= 0.6 is 22.6 Å². The van der Waals surface area contributed by atoms with Crippen LogP contribution in [0.25, 0.3) is 0 Å². The molecule has 1 nitrogen and oxygen atoms in total. The maximum absolute atomic E-state index is 10.1. The van der Waals surface area contributed by atoms with Gasteiger partial charge in [0, 0.05) is 9.13 Å². The Balaban J connectivity index is 0. The average molecular weight is 292 g/mol. The van der Waals surface area contributed by atoms with E-state index in [1.807, 2.05) is 39.8 Å². The first-order valence-corrected chi connectivity index (χ1v) is 5.61. The Kier molecular flexibility index (Phi) is 13.5. The quantitative estimate of drug-likeness (QED) is 0.561. The molecule has 1 aromatic carbocycles. The Morgan fingerprint density at radius 1 is 1.00 bits per heavy atom. The van der Waals surface area contributed by atoms with Crippen molar-refractivity contribution in [2.45, 2.75) is 27.7 Å². The minimum absolute atomic E-state index is 0.732. The maximum Gasteiger partial charge on any atom is 0.150 e. The van der Waals surface area contributed by atoms with Gasteiger partial charge in [-0.3, -0.25) is 4.79 Å². The summed E-state index contributed by atoms with van der Waals surface area (Å²) in [6.07, 6.45) is 0.843. The molecule has 2 heteroatoms. The first-order chi connectivity index (χ1) is 6.33. The minimum Gasteiger partial charge on any atom is -0.298 e. The molecule has 0 bridgehead atoms. The van der Waals surface area contributed by atoms with Crippen molar-refractivity contribution in [1.82, 2.24) is 0 Å². The highest BCUT2D eigenvalue weighted by Crippen LogP contribution is 2.04. The second kappa shape index (κ2) is 11.6. The van der Waals surface area contributed by atoms with Crippen molar-refractivity contribution in [1.29, 1.82) is 0 Å². The monoisotopic (exact) mass is 292 g/mol. The van der Waals surface area contributed by atoms with Crippen LogP contribution in [-0.2, 0) is 0 Å². The van der Waals surface area contributed by atoms with Crippen molar-refractivity contribution >= 4 is 28.9 Å². The summed E-state index contributed by atoms with van der Waals surface area (Å²) < 4.78 is 1.15. The first kappa shape index (κ1) is 15.1. The van der Waals surface area contributed by atoms with Gasteiger partial charge >= 0.3 is 0 Å². The molecule has 0 atom stereocenters. The number of hydrogen-bond donors (Lipinski definition) is 0. The molecular weight excluding hydrogens is 275 g/mol. The lowest BCUT2D eigenvalue weighted by Gasteiger charge is -1.87. The van der Waals surface area contributed by atoms with Gasteiger partial charge < -0.3 is 0 Å². The molecule has 0 saturated heterocycles. The van der Waals surface area contributed by atoms with E-state index in [1.54, 1.807) is 12.1 Å². The van der Waals surface area contributed by atoms with Crippen molar-refractivity contribution in [2.75, 3.05) is 0 Å². The molecule has 0 radical (unpaired) electrons. The minimum atomic E-state index is 0.732. The first-order valence-electron chi connectivity index (χ1n) is 4.53. The van der Waals surface area contributed by atoms with Crippen molar-refractivity contribution in [3.05, 3.63) is 33.4 Å². The lowest BCUT2D eigenvalue weighted by molar-refractivity contribution is 0.112. The molecule has 74 valence electrons. The van der Waals surface area contributed by atoms with E-state index in [1.165, 1.54) is 0 Å². The standard InChI is InChI=1S/C7H5IO.2C2H6/c8-7-3-1-6(5-9)2-4-7;2*1-2/h1-5H;2*1-2H3. The largest absolute Gasteiger partial charge is 0.298 e. The molecular formula is C11H17IO. The topological polar surface area (TPSA) is 17.1 Å². The number of halogens is 1. The number of hydrogen-bond acceptors (Lipinski definition) is 1. The Labute approximate surface area is 94.7 Å². The van der Waals surface area contributed by atoms with E-state index in [2.05, 4.69) is 22.6 Å². The van der Waals surface area contributed by atoms with Crippen LogP contribution in [0.3, 0.4) is 0 Å². The SMILES string of the molecule is CC.CC.O=Cc1ccc(I)cc1. The fourth-order valence-corrected chi connectivity index (χ4v) is 0.901. The molecule has 0 N–H and O–H groups in total. The van der Waals surface area contributed by atoms with E-state index in [9.17, 15) is 4.79 Å². The molecule has 0 saturated carbocycles. The molecule has 0 aromatic heterocycles. The van der Waals surface area contributed by atoms with Gasteiger partial charge in [-0.25, -0.2) is 0 Å². The number of carbonyl (C=O) groups is 1. The fraction of sp³-hybridized carbons (Fsp3) is 0.364. The van der Waals surface area contributed by atoms with Crippen LogP contribution in [0.1, 0.15) is 38.1 Å². The lowest BCUT2D eigenvalue weighted by Crippen LogP contribution is -1.76. The van der Waals surface area contributed by atoms with Gasteiger partial charge in [0.1, 0.15) is 6.29 Å². The van der Waals surface area contributed by atoms with Crippen LogP contribution in [0.5, 0.6) is 0 Å². The van der Waals surface area contributed by atoms with E-state index >= 15 is 0 Å². The van der Waals surface area contributed by atoms with Crippen LogP contribution in [0.2, 0.25) is 0 Å². The van der Waals surface area contributed by atoms with Gasteiger partial charge in [0.15, 0.2) is 0 Å². The summed E-state index contributed by atoms with van der Waals surface area (Å²) in [4.78, 5) is 10.1. The van der Waals surface area contributed by atoms with Gasteiger partial charge in [-0.05, 0) is 34.7 Å². The summed E-state index contributed by atoms with van der Waals surface area (Å²) in [6, 6.07) is 7.41. The average Bonchev–Trinajstić information content (AvgIpc) is 2.25. The number of rotatable bonds is 1. The molecule has 0 aliphatic carbocycles. The molecule has 0 heterocycles. The highest BCUT2D eigenvalue weighted by atomic mass is 127. The Bertz CT molecular complexity index is 204. The molecule has 0 aliphatic heterocycles. The predicted octanol–water partition coefficient (Wildman–Crippen LogP) is 4.16. The van der Waals surface area contributed by atoms with Crippen molar-refractivity contribution in [3.63, 3.8) is 0 Å². The maximum atomic E-state index is 10.1. The Morgan fingerprint density at radius 2 is 1.38 bits per heavy atom. The molecule has 0 spiro atoms. The van der Waals surface area contributed by atoms with E-state index in [0.717, 1.165) is 15.4 Å². The Hall–Kier alpha value is -0.380. The van der Waals surface area contributed by atoms with Crippen LogP contribution in [0.15, 0.2) is 24.3 Å². The predicted molar refractivity (Wildman–Crippen MR) is 67.2 cm³/mol. The van der Waals surface area contributed by atoms with Crippen molar-refractivity contribution in [2.24, 2.45) is 0 Å². The molecule has 1 rings (SSSR count). The van der Waals surface area contributed by atoms with Gasteiger partial charge in [-0.1, -0.05) is 39.8 Å². The summed E-state index contributed by atoms with van der Waals surface area (Å²) in [5, 5.41) is 0. The van der Waals surface area contributed by atoms with Crippen LogP contribution < -0.4 is 0 Å². The van der Waals surface area contributed by atoms with Gasteiger partial charge in [0.25, 0.3) is 0 Å². The summed E-state index contributed by atoms with van der Waals surface area (Å²) in [7, 11) is 0. The van der Waals surface area contributed by atoms with Crippen LogP contribution in [0.4, 0.5) is 0 Å². The zero-order valence-electron chi connectivity index (χ0n) is 8.67. The summed E-state index contributed by atoms with van der Waals surface area (Å²) >= 11 is 2.20. The number of aldehydes is 1. The number of carbonyl (C=O) groups excluding carboxylic acids is 1. The fourth-order valence-electron chi connectivity index (χ4n) is 0.541. The lowest BCUT2D eigenvalue weighted by atomic mass is 10.2. The van der Waals surface area contributed by atoms with Gasteiger partial charge in [-0.2, -0.15) is 0 Å². The summed E-state index contributed by atoms with van der Waals surface area (Å²) in [5.74, 6) is 0. The molecule has 0 aliphatic rings. The molecule has 0 fully saturated rings. The molecule has 0 amide bonds. The van der Waals surface area contributed by atoms with Gasteiger partial charge in [-0.15, -0.1) is 0 Å². The van der Waals surface area contributed by atoms with Crippen LogP contribution in [0, 0.1) is 3.57 Å². The van der Waals surface area contributed by atoms with E-state index in [4.69, 9.17) is 0 Å². The zero-order chi connectivity index (χ0) is 10.7.